The van der Waals surface area contributed by atoms with Gasteiger partial charge >= 0.3 is 0 Å². The molecule has 0 aliphatic heterocycles. The van der Waals surface area contributed by atoms with Crippen LogP contribution in [0.4, 0.5) is 0 Å². The Morgan fingerprint density at radius 2 is 1.70 bits per heavy atom. The lowest BCUT2D eigenvalue weighted by atomic mass is 10.1. The van der Waals surface area contributed by atoms with Gasteiger partial charge in [-0.2, -0.15) is 0 Å². The monoisotopic (exact) mass is 315 g/mol. The van der Waals surface area contributed by atoms with E-state index >= 15 is 0 Å². The summed E-state index contributed by atoms with van der Waals surface area (Å²) in [7, 11) is 3.12. The second-order valence-electron chi connectivity index (χ2n) is 5.03. The summed E-state index contributed by atoms with van der Waals surface area (Å²) in [5, 5.41) is 0. The Morgan fingerprint density at radius 1 is 1.00 bits per heavy atom. The maximum Gasteiger partial charge on any atom is 0.217 e. The van der Waals surface area contributed by atoms with Crippen molar-refractivity contribution in [2.45, 2.75) is 19.4 Å². The first kappa shape index (κ1) is 16.7. The predicted molar refractivity (Wildman–Crippen MR) is 87.8 cm³/mol. The number of methoxy groups -OCH3 is 2. The number of aryl methyl sites for hydroxylation is 1. The molecular weight excluding hydrogens is 294 g/mol. The van der Waals surface area contributed by atoms with Crippen molar-refractivity contribution in [3.63, 3.8) is 0 Å². The average Bonchev–Trinajstić information content (AvgIpc) is 2.58. The lowest BCUT2D eigenvalue weighted by Crippen LogP contribution is -2.11. The van der Waals surface area contributed by atoms with E-state index in [4.69, 9.17) is 19.9 Å². The van der Waals surface area contributed by atoms with Gasteiger partial charge in [0, 0.05) is 6.42 Å². The van der Waals surface area contributed by atoms with Crippen LogP contribution in [0.2, 0.25) is 0 Å². The lowest BCUT2D eigenvalue weighted by molar-refractivity contribution is -0.117. The first-order valence-electron chi connectivity index (χ1n) is 7.34. The first-order valence-corrected chi connectivity index (χ1v) is 7.34. The van der Waals surface area contributed by atoms with Crippen molar-refractivity contribution in [3.8, 4) is 17.2 Å². The van der Waals surface area contributed by atoms with Crippen LogP contribution in [0.3, 0.4) is 0 Å². The predicted octanol–water partition coefficient (Wildman–Crippen LogP) is 2.70. The van der Waals surface area contributed by atoms with Crippen LogP contribution in [0.5, 0.6) is 17.2 Å². The first-order chi connectivity index (χ1) is 11.2. The van der Waals surface area contributed by atoms with Crippen LogP contribution in [0.15, 0.2) is 42.5 Å². The third kappa shape index (κ3) is 4.39. The number of carbonyl (C=O) groups excluding carboxylic acids is 1. The Bertz CT molecular complexity index is 656. The molecule has 0 saturated heterocycles. The van der Waals surface area contributed by atoms with Crippen molar-refractivity contribution in [2.75, 3.05) is 14.2 Å². The van der Waals surface area contributed by atoms with E-state index < -0.39 is 0 Å². The van der Waals surface area contributed by atoms with E-state index in [-0.39, 0.29) is 12.3 Å². The van der Waals surface area contributed by atoms with Crippen LogP contribution in [-0.4, -0.2) is 20.1 Å². The van der Waals surface area contributed by atoms with Crippen LogP contribution in [0.1, 0.15) is 17.5 Å². The van der Waals surface area contributed by atoms with Gasteiger partial charge in [0.2, 0.25) is 11.7 Å². The van der Waals surface area contributed by atoms with E-state index in [9.17, 15) is 4.79 Å². The molecule has 0 spiro atoms. The number of hydrogen-bond acceptors (Lipinski definition) is 4. The van der Waals surface area contributed by atoms with Gasteiger partial charge in [0.15, 0.2) is 11.5 Å². The van der Waals surface area contributed by atoms with E-state index in [1.807, 2.05) is 42.5 Å². The van der Waals surface area contributed by atoms with Crippen LogP contribution in [0, 0.1) is 0 Å². The molecule has 2 rings (SSSR count). The molecule has 23 heavy (non-hydrogen) atoms. The molecule has 2 aromatic rings. The number of carbonyl (C=O) groups is 1. The third-order valence-corrected chi connectivity index (χ3v) is 3.44. The number of primary amides is 1. The molecule has 0 aromatic heterocycles. The van der Waals surface area contributed by atoms with Crippen molar-refractivity contribution >= 4 is 5.91 Å². The van der Waals surface area contributed by atoms with Crippen LogP contribution < -0.4 is 19.9 Å². The molecule has 0 radical (unpaired) electrons. The van der Waals surface area contributed by atoms with Crippen molar-refractivity contribution in [2.24, 2.45) is 5.73 Å². The van der Waals surface area contributed by atoms with Crippen LogP contribution >= 0.6 is 0 Å². The molecule has 5 heteroatoms. The van der Waals surface area contributed by atoms with Gasteiger partial charge in [-0.3, -0.25) is 4.79 Å². The molecule has 5 nitrogen and oxygen atoms in total. The number of ether oxygens (including phenoxy) is 3. The third-order valence-electron chi connectivity index (χ3n) is 3.44. The molecule has 0 aliphatic rings. The van der Waals surface area contributed by atoms with E-state index in [2.05, 4.69) is 0 Å². The van der Waals surface area contributed by atoms with Crippen LogP contribution in [-0.2, 0) is 17.8 Å². The summed E-state index contributed by atoms with van der Waals surface area (Å²) >= 11 is 0. The maximum absolute atomic E-state index is 11.0. The molecule has 0 unspecified atom stereocenters. The maximum atomic E-state index is 11.0. The van der Waals surface area contributed by atoms with Gasteiger partial charge in [0.1, 0.15) is 6.61 Å². The number of hydrogen-bond donors (Lipinski definition) is 1. The summed E-state index contributed by atoms with van der Waals surface area (Å²) in [6.07, 6.45) is 0.748. The molecular formula is C18H21NO4. The van der Waals surface area contributed by atoms with Gasteiger partial charge in [0.25, 0.3) is 0 Å². The quantitative estimate of drug-likeness (QED) is 0.813. The number of nitrogens with two attached hydrogens (primary N) is 1. The van der Waals surface area contributed by atoms with Gasteiger partial charge in [0.05, 0.1) is 14.2 Å². The zero-order chi connectivity index (χ0) is 16.7. The van der Waals surface area contributed by atoms with Gasteiger partial charge in [-0.15, -0.1) is 0 Å². The molecule has 1 amide bonds. The van der Waals surface area contributed by atoms with E-state index in [0.717, 1.165) is 11.1 Å². The summed E-state index contributed by atoms with van der Waals surface area (Å²) in [5.74, 6) is 1.33. The number of rotatable bonds is 8. The van der Waals surface area contributed by atoms with Gasteiger partial charge < -0.3 is 19.9 Å². The molecule has 0 aliphatic carbocycles. The van der Waals surface area contributed by atoms with Gasteiger partial charge in [-0.1, -0.05) is 36.4 Å². The van der Waals surface area contributed by atoms with Crippen molar-refractivity contribution < 1.29 is 19.0 Å². The molecule has 122 valence electrons. The summed E-state index contributed by atoms with van der Waals surface area (Å²) < 4.78 is 16.7. The van der Waals surface area contributed by atoms with Crippen molar-refractivity contribution in [3.05, 3.63) is 53.6 Å². The van der Waals surface area contributed by atoms with E-state index in [1.54, 1.807) is 14.2 Å². The van der Waals surface area contributed by atoms with Crippen molar-refractivity contribution in [1.29, 1.82) is 0 Å². The summed E-state index contributed by atoms with van der Waals surface area (Å²) in [6.45, 7) is 0.432. The molecule has 0 bridgehead atoms. The lowest BCUT2D eigenvalue weighted by Gasteiger charge is -2.17. The Kier molecular flexibility index (Phi) is 5.86. The van der Waals surface area contributed by atoms with Gasteiger partial charge in [-0.25, -0.2) is 0 Å². The highest BCUT2D eigenvalue weighted by Gasteiger charge is 2.16. The van der Waals surface area contributed by atoms with Crippen molar-refractivity contribution in [1.82, 2.24) is 0 Å². The standard InChI is InChI=1S/C18H21NO4/c1-21-17-14(9-11-16(19)20)8-10-15(18(17)22-2)23-12-13-6-4-3-5-7-13/h3-8,10H,9,11-12H2,1-2H3,(H2,19,20). The SMILES string of the molecule is COc1c(CCC(N)=O)ccc(OCc2ccccc2)c1OC. The average molecular weight is 315 g/mol. The molecule has 0 atom stereocenters. The minimum Gasteiger partial charge on any atom is -0.492 e. The Balaban J connectivity index is 2.21. The minimum absolute atomic E-state index is 0.254. The molecule has 2 N–H and O–H groups in total. The molecule has 0 saturated carbocycles. The fraction of sp³-hybridized carbons (Fsp3) is 0.278. The Labute approximate surface area is 136 Å². The highest BCUT2D eigenvalue weighted by Crippen LogP contribution is 2.40. The topological polar surface area (TPSA) is 70.8 Å². The second-order valence-corrected chi connectivity index (χ2v) is 5.03. The normalized spacial score (nSPS) is 10.2. The summed E-state index contributed by atoms with van der Waals surface area (Å²) in [4.78, 5) is 11.0. The van der Waals surface area contributed by atoms with Gasteiger partial charge in [-0.05, 0) is 23.6 Å². The molecule has 2 aromatic carbocycles. The van der Waals surface area contributed by atoms with E-state index in [1.165, 1.54) is 0 Å². The largest absolute Gasteiger partial charge is 0.492 e. The second kappa shape index (κ2) is 8.08. The smallest absolute Gasteiger partial charge is 0.217 e. The highest BCUT2D eigenvalue weighted by atomic mass is 16.5. The zero-order valence-corrected chi connectivity index (χ0v) is 13.4. The fourth-order valence-electron chi connectivity index (χ4n) is 2.31. The number of benzene rings is 2. The Hall–Kier alpha value is -2.69. The number of amides is 1. The fourth-order valence-corrected chi connectivity index (χ4v) is 2.31. The van der Waals surface area contributed by atoms with E-state index in [0.29, 0.717) is 30.3 Å². The zero-order valence-electron chi connectivity index (χ0n) is 13.4. The molecule has 0 fully saturated rings. The minimum atomic E-state index is -0.351. The Morgan fingerprint density at radius 3 is 2.30 bits per heavy atom. The highest BCUT2D eigenvalue weighted by molar-refractivity contribution is 5.74. The summed E-state index contributed by atoms with van der Waals surface area (Å²) in [6, 6.07) is 13.6. The summed E-state index contributed by atoms with van der Waals surface area (Å²) in [5.41, 5.74) is 7.13. The molecule has 0 heterocycles. The van der Waals surface area contributed by atoms with Crippen LogP contribution in [0.25, 0.3) is 0 Å².